The SMILES string of the molecule is CN=C(NCC1(c2ccc(OC)c(OC)c2)CCCCC1)NC1CCCn2nc(C)nc21. The maximum Gasteiger partial charge on any atom is 0.191 e. The molecule has 1 fully saturated rings. The van der Waals surface area contributed by atoms with Crippen molar-refractivity contribution in [3.05, 3.63) is 35.4 Å². The quantitative estimate of drug-likeness (QED) is 0.528. The third-order valence-corrected chi connectivity index (χ3v) is 6.92. The molecule has 0 radical (unpaired) electrons. The first-order chi connectivity index (χ1) is 15.6. The van der Waals surface area contributed by atoms with E-state index in [1.54, 1.807) is 14.2 Å². The van der Waals surface area contributed by atoms with E-state index in [1.807, 2.05) is 24.7 Å². The number of benzene rings is 1. The second kappa shape index (κ2) is 9.79. The number of guanidine groups is 1. The van der Waals surface area contributed by atoms with Crippen LogP contribution in [0.25, 0.3) is 0 Å². The number of hydrogen-bond donors (Lipinski definition) is 2. The summed E-state index contributed by atoms with van der Waals surface area (Å²) in [6, 6.07) is 6.49. The number of aromatic nitrogens is 3. The van der Waals surface area contributed by atoms with Gasteiger partial charge >= 0.3 is 0 Å². The summed E-state index contributed by atoms with van der Waals surface area (Å²) in [6.07, 6.45) is 8.14. The van der Waals surface area contributed by atoms with Crippen molar-refractivity contribution in [1.29, 1.82) is 0 Å². The van der Waals surface area contributed by atoms with Gasteiger partial charge in [0.15, 0.2) is 17.5 Å². The van der Waals surface area contributed by atoms with E-state index < -0.39 is 0 Å². The van der Waals surface area contributed by atoms with Crippen LogP contribution in [0.15, 0.2) is 23.2 Å². The molecule has 0 spiro atoms. The molecule has 1 saturated carbocycles. The van der Waals surface area contributed by atoms with Gasteiger partial charge in [-0.2, -0.15) is 5.10 Å². The summed E-state index contributed by atoms with van der Waals surface area (Å²) in [4.78, 5) is 9.17. The molecule has 0 amide bonds. The lowest BCUT2D eigenvalue weighted by Crippen LogP contribution is -2.48. The predicted octanol–water partition coefficient (Wildman–Crippen LogP) is 3.51. The number of aryl methyl sites for hydroxylation is 2. The fourth-order valence-corrected chi connectivity index (χ4v) is 5.18. The Morgan fingerprint density at radius 2 is 1.94 bits per heavy atom. The Hall–Kier alpha value is -2.77. The zero-order valence-corrected chi connectivity index (χ0v) is 19.8. The summed E-state index contributed by atoms with van der Waals surface area (Å²) in [7, 11) is 5.21. The molecule has 174 valence electrons. The van der Waals surface area contributed by atoms with Gasteiger partial charge < -0.3 is 20.1 Å². The smallest absolute Gasteiger partial charge is 0.191 e. The maximum atomic E-state index is 5.60. The Bertz CT molecular complexity index is 948. The largest absolute Gasteiger partial charge is 0.493 e. The number of hydrogen-bond acceptors (Lipinski definition) is 5. The Morgan fingerprint density at radius 1 is 1.16 bits per heavy atom. The molecule has 0 bridgehead atoms. The van der Waals surface area contributed by atoms with E-state index in [1.165, 1.54) is 24.8 Å². The van der Waals surface area contributed by atoms with Gasteiger partial charge in [-0.15, -0.1) is 0 Å². The van der Waals surface area contributed by atoms with Crippen molar-refractivity contribution in [1.82, 2.24) is 25.4 Å². The molecule has 8 nitrogen and oxygen atoms in total. The van der Waals surface area contributed by atoms with Crippen molar-refractivity contribution in [2.24, 2.45) is 4.99 Å². The number of nitrogens with zero attached hydrogens (tertiary/aromatic N) is 4. The van der Waals surface area contributed by atoms with Crippen LogP contribution < -0.4 is 20.1 Å². The number of methoxy groups -OCH3 is 2. The highest BCUT2D eigenvalue weighted by molar-refractivity contribution is 5.80. The monoisotopic (exact) mass is 440 g/mol. The number of ether oxygens (including phenoxy) is 2. The standard InChI is InChI=1S/C24H36N6O2/c1-17-27-22-19(9-8-14-30(22)29-17)28-23(25-2)26-16-24(12-6-5-7-13-24)18-10-11-20(31-3)21(15-18)32-4/h10-11,15,19H,5-9,12-14,16H2,1-4H3,(H2,25,26,28). The van der Waals surface area contributed by atoms with E-state index in [-0.39, 0.29) is 11.5 Å². The lowest BCUT2D eigenvalue weighted by Gasteiger charge is -2.39. The molecule has 0 saturated heterocycles. The van der Waals surface area contributed by atoms with Crippen molar-refractivity contribution in [3.8, 4) is 11.5 Å². The average molecular weight is 441 g/mol. The fraction of sp³-hybridized carbons (Fsp3) is 0.625. The molecule has 1 aromatic carbocycles. The topological polar surface area (TPSA) is 85.6 Å². The first-order valence-corrected chi connectivity index (χ1v) is 11.7. The van der Waals surface area contributed by atoms with Gasteiger partial charge in [-0.1, -0.05) is 25.3 Å². The molecule has 1 unspecified atom stereocenters. The normalized spacial score (nSPS) is 20.4. The highest BCUT2D eigenvalue weighted by Gasteiger charge is 2.35. The van der Waals surface area contributed by atoms with Crippen LogP contribution in [0.1, 0.15) is 68.2 Å². The van der Waals surface area contributed by atoms with Gasteiger partial charge in [-0.25, -0.2) is 9.67 Å². The van der Waals surface area contributed by atoms with Gasteiger partial charge in [0.05, 0.1) is 20.3 Å². The van der Waals surface area contributed by atoms with Crippen LogP contribution in [0.4, 0.5) is 0 Å². The molecule has 1 aliphatic carbocycles. The van der Waals surface area contributed by atoms with Crippen molar-refractivity contribution >= 4 is 5.96 Å². The van der Waals surface area contributed by atoms with Crippen LogP contribution in [0, 0.1) is 6.92 Å². The Kier molecular flexibility index (Phi) is 6.86. The fourth-order valence-electron chi connectivity index (χ4n) is 5.18. The van der Waals surface area contributed by atoms with E-state index in [2.05, 4.69) is 37.8 Å². The minimum absolute atomic E-state index is 0.0403. The summed E-state index contributed by atoms with van der Waals surface area (Å²) in [5, 5.41) is 11.8. The lowest BCUT2D eigenvalue weighted by molar-refractivity contribution is 0.287. The molecule has 8 heteroatoms. The zero-order valence-electron chi connectivity index (χ0n) is 19.8. The van der Waals surface area contributed by atoms with E-state index in [0.717, 1.165) is 67.9 Å². The Labute approximate surface area is 190 Å². The molecule has 1 atom stereocenters. The van der Waals surface area contributed by atoms with Gasteiger partial charge in [0, 0.05) is 25.6 Å². The van der Waals surface area contributed by atoms with Gasteiger partial charge in [0.25, 0.3) is 0 Å². The molecule has 32 heavy (non-hydrogen) atoms. The second-order valence-electron chi connectivity index (χ2n) is 8.92. The van der Waals surface area contributed by atoms with E-state index in [0.29, 0.717) is 0 Å². The number of rotatable bonds is 6. The first-order valence-electron chi connectivity index (χ1n) is 11.7. The third-order valence-electron chi connectivity index (χ3n) is 6.92. The van der Waals surface area contributed by atoms with Crippen LogP contribution >= 0.6 is 0 Å². The molecule has 1 aliphatic heterocycles. The van der Waals surface area contributed by atoms with Gasteiger partial charge in [0.1, 0.15) is 11.6 Å². The third kappa shape index (κ3) is 4.54. The molecule has 1 aromatic heterocycles. The second-order valence-corrected chi connectivity index (χ2v) is 8.92. The van der Waals surface area contributed by atoms with Crippen LogP contribution in [0.2, 0.25) is 0 Å². The molecular formula is C24H36N6O2. The molecule has 2 aromatic rings. The summed E-state index contributed by atoms with van der Waals surface area (Å²) in [6.45, 7) is 3.70. The maximum absolute atomic E-state index is 5.60. The van der Waals surface area contributed by atoms with Gasteiger partial charge in [-0.05, 0) is 50.3 Å². The van der Waals surface area contributed by atoms with Crippen molar-refractivity contribution in [2.75, 3.05) is 27.8 Å². The molecule has 4 rings (SSSR count). The van der Waals surface area contributed by atoms with Crippen LogP contribution in [0.5, 0.6) is 11.5 Å². The zero-order chi connectivity index (χ0) is 22.6. The predicted molar refractivity (Wildman–Crippen MR) is 126 cm³/mol. The molecule has 2 aliphatic rings. The van der Waals surface area contributed by atoms with Gasteiger partial charge in [-0.3, -0.25) is 4.99 Å². The minimum atomic E-state index is 0.0403. The highest BCUT2D eigenvalue weighted by Crippen LogP contribution is 2.42. The van der Waals surface area contributed by atoms with Crippen molar-refractivity contribution in [2.45, 2.75) is 69.9 Å². The molecular weight excluding hydrogens is 404 g/mol. The summed E-state index contributed by atoms with van der Waals surface area (Å²) in [5.41, 5.74) is 1.34. The lowest BCUT2D eigenvalue weighted by atomic mass is 9.69. The van der Waals surface area contributed by atoms with Crippen molar-refractivity contribution < 1.29 is 9.47 Å². The van der Waals surface area contributed by atoms with Crippen LogP contribution in [-0.2, 0) is 12.0 Å². The summed E-state index contributed by atoms with van der Waals surface area (Å²) in [5.74, 6) is 4.20. The number of aliphatic imine (C=N–C) groups is 1. The van der Waals surface area contributed by atoms with Crippen LogP contribution in [-0.4, -0.2) is 48.5 Å². The highest BCUT2D eigenvalue weighted by atomic mass is 16.5. The first kappa shape index (κ1) is 22.4. The average Bonchev–Trinajstić information content (AvgIpc) is 3.22. The Balaban J connectivity index is 1.51. The summed E-state index contributed by atoms with van der Waals surface area (Å²) >= 11 is 0. The molecule has 2 N–H and O–H groups in total. The van der Waals surface area contributed by atoms with Crippen LogP contribution in [0.3, 0.4) is 0 Å². The van der Waals surface area contributed by atoms with E-state index in [9.17, 15) is 0 Å². The summed E-state index contributed by atoms with van der Waals surface area (Å²) < 4.78 is 13.1. The van der Waals surface area contributed by atoms with Gasteiger partial charge in [0.2, 0.25) is 0 Å². The van der Waals surface area contributed by atoms with Crippen molar-refractivity contribution in [3.63, 3.8) is 0 Å². The van der Waals surface area contributed by atoms with E-state index in [4.69, 9.17) is 9.47 Å². The number of fused-ring (bicyclic) bond motifs is 1. The number of nitrogens with one attached hydrogen (secondary N) is 2. The molecule has 2 heterocycles. The minimum Gasteiger partial charge on any atom is -0.493 e. The Morgan fingerprint density at radius 3 is 2.66 bits per heavy atom. The van der Waals surface area contributed by atoms with E-state index >= 15 is 0 Å².